The summed E-state index contributed by atoms with van der Waals surface area (Å²) in [6, 6.07) is 10.8. The first-order valence-corrected chi connectivity index (χ1v) is 8.15. The number of amides is 1. The summed E-state index contributed by atoms with van der Waals surface area (Å²) in [5.74, 6) is 0.985. The lowest BCUT2D eigenvalue weighted by atomic mass is 10.2. The maximum absolute atomic E-state index is 12.0. The minimum atomic E-state index is -0.261. The van der Waals surface area contributed by atoms with Gasteiger partial charge in [-0.2, -0.15) is 0 Å². The lowest BCUT2D eigenvalue weighted by molar-refractivity contribution is -0.111. The summed E-state index contributed by atoms with van der Waals surface area (Å²) < 4.78 is 11.4. The van der Waals surface area contributed by atoms with Crippen molar-refractivity contribution in [3.8, 4) is 11.5 Å². The van der Waals surface area contributed by atoms with Crippen LogP contribution in [0.15, 0.2) is 42.5 Å². The van der Waals surface area contributed by atoms with E-state index in [1.165, 1.54) is 6.08 Å². The van der Waals surface area contributed by atoms with Gasteiger partial charge in [-0.25, -0.2) is 0 Å². The number of nitrogens with one attached hydrogen (secondary N) is 1. The van der Waals surface area contributed by atoms with E-state index < -0.39 is 0 Å². The summed E-state index contributed by atoms with van der Waals surface area (Å²) in [5, 5.41) is 3.25. The summed E-state index contributed by atoms with van der Waals surface area (Å²) in [7, 11) is 3.14. The van der Waals surface area contributed by atoms with E-state index in [0.29, 0.717) is 22.2 Å². The number of halogens is 2. The fourth-order valence-corrected chi connectivity index (χ4v) is 2.80. The van der Waals surface area contributed by atoms with Gasteiger partial charge in [0.1, 0.15) is 0 Å². The van der Waals surface area contributed by atoms with Gasteiger partial charge >= 0.3 is 0 Å². The van der Waals surface area contributed by atoms with E-state index >= 15 is 0 Å². The van der Waals surface area contributed by atoms with Crippen molar-refractivity contribution in [1.29, 1.82) is 0 Å². The molecule has 120 valence electrons. The van der Waals surface area contributed by atoms with Crippen molar-refractivity contribution in [1.82, 2.24) is 0 Å². The Labute approximate surface area is 153 Å². The van der Waals surface area contributed by atoms with Crippen molar-refractivity contribution >= 4 is 51.9 Å². The highest BCUT2D eigenvalue weighted by molar-refractivity contribution is 14.1. The zero-order valence-corrected chi connectivity index (χ0v) is 15.5. The van der Waals surface area contributed by atoms with E-state index in [1.807, 2.05) is 12.1 Å². The van der Waals surface area contributed by atoms with Gasteiger partial charge in [-0.3, -0.25) is 4.79 Å². The van der Waals surface area contributed by atoms with E-state index in [0.717, 1.165) is 9.13 Å². The minimum absolute atomic E-state index is 0.261. The molecule has 0 fully saturated rings. The molecule has 0 bridgehead atoms. The van der Waals surface area contributed by atoms with Crippen LogP contribution in [-0.2, 0) is 4.79 Å². The van der Waals surface area contributed by atoms with Crippen LogP contribution in [0.2, 0.25) is 5.02 Å². The molecular formula is C17H15ClINO3. The topological polar surface area (TPSA) is 47.6 Å². The molecule has 0 heterocycles. The average molecular weight is 444 g/mol. The highest BCUT2D eigenvalue weighted by Crippen LogP contribution is 2.28. The number of hydrogen-bond donors (Lipinski definition) is 1. The molecule has 1 N–H and O–H groups in total. The third-order valence-electron chi connectivity index (χ3n) is 3.02. The van der Waals surface area contributed by atoms with Crippen LogP contribution in [-0.4, -0.2) is 20.1 Å². The van der Waals surface area contributed by atoms with Gasteiger partial charge in [0, 0.05) is 9.65 Å². The van der Waals surface area contributed by atoms with Crippen molar-refractivity contribution in [3.05, 3.63) is 56.6 Å². The third kappa shape index (κ3) is 4.87. The fraction of sp³-hybridized carbons (Fsp3) is 0.118. The molecule has 0 aliphatic heterocycles. The molecule has 23 heavy (non-hydrogen) atoms. The van der Waals surface area contributed by atoms with Crippen LogP contribution in [0, 0.1) is 3.57 Å². The number of anilines is 1. The van der Waals surface area contributed by atoms with Gasteiger partial charge in [0.25, 0.3) is 0 Å². The Kier molecular flexibility index (Phi) is 6.29. The number of ether oxygens (including phenoxy) is 2. The highest BCUT2D eigenvalue weighted by Gasteiger charge is 2.05. The predicted molar refractivity (Wildman–Crippen MR) is 101 cm³/mol. The van der Waals surface area contributed by atoms with E-state index in [9.17, 15) is 4.79 Å². The molecular weight excluding hydrogens is 429 g/mol. The maximum Gasteiger partial charge on any atom is 0.248 e. The van der Waals surface area contributed by atoms with Gasteiger partial charge in [-0.05, 0) is 64.6 Å². The van der Waals surface area contributed by atoms with E-state index in [2.05, 4.69) is 27.9 Å². The first-order chi connectivity index (χ1) is 11.0. The molecule has 0 saturated carbocycles. The molecule has 2 rings (SSSR count). The van der Waals surface area contributed by atoms with Crippen molar-refractivity contribution in [2.75, 3.05) is 19.5 Å². The van der Waals surface area contributed by atoms with Gasteiger partial charge in [-0.15, -0.1) is 0 Å². The van der Waals surface area contributed by atoms with Gasteiger partial charge in [0.05, 0.1) is 24.9 Å². The van der Waals surface area contributed by atoms with Crippen LogP contribution in [0.3, 0.4) is 0 Å². The van der Waals surface area contributed by atoms with E-state index in [-0.39, 0.29) is 5.91 Å². The molecule has 4 nitrogen and oxygen atoms in total. The van der Waals surface area contributed by atoms with Crippen molar-refractivity contribution in [2.24, 2.45) is 0 Å². The normalized spacial score (nSPS) is 10.6. The van der Waals surface area contributed by atoms with Gasteiger partial charge in [0.15, 0.2) is 11.5 Å². The smallest absolute Gasteiger partial charge is 0.248 e. The Hall–Kier alpha value is -1.73. The van der Waals surface area contributed by atoms with Crippen LogP contribution >= 0.6 is 34.2 Å². The van der Waals surface area contributed by atoms with Crippen molar-refractivity contribution in [2.45, 2.75) is 0 Å². The molecule has 0 spiro atoms. The van der Waals surface area contributed by atoms with E-state index in [1.54, 1.807) is 44.6 Å². The van der Waals surface area contributed by atoms with Crippen LogP contribution in [0.4, 0.5) is 5.69 Å². The molecule has 6 heteroatoms. The van der Waals surface area contributed by atoms with Crippen LogP contribution in [0.5, 0.6) is 11.5 Å². The van der Waals surface area contributed by atoms with Gasteiger partial charge in [0.2, 0.25) is 5.91 Å². The fourth-order valence-electron chi connectivity index (χ4n) is 1.89. The Morgan fingerprint density at radius 1 is 1.13 bits per heavy atom. The van der Waals surface area contributed by atoms with Crippen LogP contribution in [0.25, 0.3) is 6.08 Å². The second-order valence-corrected chi connectivity index (χ2v) is 6.21. The zero-order chi connectivity index (χ0) is 16.8. The molecule has 2 aromatic carbocycles. The number of methoxy groups -OCH3 is 2. The van der Waals surface area contributed by atoms with Gasteiger partial charge in [-0.1, -0.05) is 17.7 Å². The summed E-state index contributed by atoms with van der Waals surface area (Å²) in [4.78, 5) is 12.0. The predicted octanol–water partition coefficient (Wildman–Crippen LogP) is 4.61. The second-order valence-electron chi connectivity index (χ2n) is 4.56. The van der Waals surface area contributed by atoms with E-state index in [4.69, 9.17) is 21.1 Å². The monoisotopic (exact) mass is 443 g/mol. The number of rotatable bonds is 5. The first kappa shape index (κ1) is 17.6. The molecule has 0 atom stereocenters. The third-order valence-corrected chi connectivity index (χ3v) is 4.01. The molecule has 0 aromatic heterocycles. The summed E-state index contributed by atoms with van der Waals surface area (Å²) in [6.45, 7) is 0. The molecule has 0 radical (unpaired) electrons. The Balaban J connectivity index is 2.09. The molecule has 2 aromatic rings. The number of carbonyl (C=O) groups is 1. The van der Waals surface area contributed by atoms with Crippen LogP contribution in [0.1, 0.15) is 5.56 Å². The molecule has 0 unspecified atom stereocenters. The van der Waals surface area contributed by atoms with Crippen LogP contribution < -0.4 is 14.8 Å². The number of benzene rings is 2. The SMILES string of the molecule is COc1ccc(C=CC(=O)Nc2ccc(I)cc2Cl)cc1OC. The molecule has 0 aliphatic carbocycles. The van der Waals surface area contributed by atoms with Crippen molar-refractivity contribution in [3.63, 3.8) is 0 Å². The summed E-state index contributed by atoms with van der Waals surface area (Å²) in [6.07, 6.45) is 3.13. The molecule has 1 amide bonds. The Bertz CT molecular complexity index is 747. The second kappa shape index (κ2) is 8.21. The maximum atomic E-state index is 12.0. The number of carbonyl (C=O) groups excluding carboxylic acids is 1. The zero-order valence-electron chi connectivity index (χ0n) is 12.6. The lowest BCUT2D eigenvalue weighted by Crippen LogP contribution is -2.08. The highest BCUT2D eigenvalue weighted by atomic mass is 127. The lowest BCUT2D eigenvalue weighted by Gasteiger charge is -2.08. The molecule has 0 saturated heterocycles. The average Bonchev–Trinajstić information content (AvgIpc) is 2.55. The standard InChI is InChI=1S/C17H15ClINO3/c1-22-15-7-3-11(9-16(15)23-2)4-8-17(21)20-14-6-5-12(19)10-13(14)18/h3-10H,1-2H3,(H,20,21). The Morgan fingerprint density at radius 2 is 1.87 bits per heavy atom. The van der Waals surface area contributed by atoms with Crippen molar-refractivity contribution < 1.29 is 14.3 Å². The quantitative estimate of drug-likeness (QED) is 0.542. The Morgan fingerprint density at radius 3 is 2.52 bits per heavy atom. The molecule has 0 aliphatic rings. The minimum Gasteiger partial charge on any atom is -0.493 e. The largest absolute Gasteiger partial charge is 0.493 e. The number of hydrogen-bond acceptors (Lipinski definition) is 3. The summed E-state index contributed by atoms with van der Waals surface area (Å²) in [5.41, 5.74) is 1.40. The first-order valence-electron chi connectivity index (χ1n) is 6.69. The summed E-state index contributed by atoms with van der Waals surface area (Å²) >= 11 is 8.25. The van der Waals surface area contributed by atoms with Gasteiger partial charge < -0.3 is 14.8 Å².